The summed E-state index contributed by atoms with van der Waals surface area (Å²) in [6.45, 7) is 1.75. The van der Waals surface area contributed by atoms with Crippen LogP contribution in [0.15, 0.2) is 48.5 Å². The van der Waals surface area contributed by atoms with Gasteiger partial charge in [0.05, 0.1) is 5.30 Å². The quantitative estimate of drug-likeness (QED) is 0.798. The molecular weight excluding hydrogens is 294 g/mol. The normalized spacial score (nSPS) is 21.5. The molecule has 0 bridgehead atoms. The maximum absolute atomic E-state index is 13.1. The monoisotopic (exact) mass is 308 g/mol. The molecule has 1 heterocycles. The van der Waals surface area contributed by atoms with E-state index in [1.54, 1.807) is 18.8 Å². The van der Waals surface area contributed by atoms with Crippen LogP contribution in [-0.4, -0.2) is 13.8 Å². The summed E-state index contributed by atoms with van der Waals surface area (Å²) in [5.74, 6) is 0.578. The van der Waals surface area contributed by atoms with Crippen LogP contribution in [0.1, 0.15) is 0 Å². The van der Waals surface area contributed by atoms with Crippen molar-refractivity contribution in [1.82, 2.24) is 0 Å². The van der Waals surface area contributed by atoms with Crippen molar-refractivity contribution in [2.75, 3.05) is 13.8 Å². The Balaban J connectivity index is 2.15. The van der Waals surface area contributed by atoms with E-state index in [0.29, 0.717) is 11.1 Å². The molecule has 0 spiro atoms. The molecule has 104 valence electrons. The van der Waals surface area contributed by atoms with Gasteiger partial charge in [0.15, 0.2) is 8.38 Å². The van der Waals surface area contributed by atoms with Gasteiger partial charge in [0, 0.05) is 24.9 Å². The Labute approximate surface area is 119 Å². The lowest BCUT2D eigenvalue weighted by molar-refractivity contribution is 0.362. The summed E-state index contributed by atoms with van der Waals surface area (Å²) in [4.78, 5) is 0. The third kappa shape index (κ3) is 2.30. The van der Waals surface area contributed by atoms with Gasteiger partial charge in [0.2, 0.25) is 0 Å². The molecule has 1 aliphatic heterocycles. The first-order valence-corrected chi connectivity index (χ1v) is 9.27. The van der Waals surface area contributed by atoms with Crippen molar-refractivity contribution in [3.63, 3.8) is 0 Å². The lowest BCUT2D eigenvalue weighted by Crippen LogP contribution is -2.18. The van der Waals surface area contributed by atoms with E-state index >= 15 is 0 Å². The number of rotatable bonds is 3. The van der Waals surface area contributed by atoms with Crippen LogP contribution >= 0.6 is 16.0 Å². The standard InChI is InChI=1S/C14H14O4P2/c1-16-19(2)18-20(15)14-10-6-4-8-12(14)11-7-3-5-9-13(11)17-20/h3-10H,1-2H3. The van der Waals surface area contributed by atoms with Crippen molar-refractivity contribution in [3.05, 3.63) is 48.5 Å². The first-order chi connectivity index (χ1) is 9.64. The van der Waals surface area contributed by atoms with Crippen LogP contribution in [0.3, 0.4) is 0 Å². The van der Waals surface area contributed by atoms with Crippen molar-refractivity contribution in [2.45, 2.75) is 0 Å². The second kappa shape index (κ2) is 5.31. The molecule has 0 saturated heterocycles. The summed E-state index contributed by atoms with van der Waals surface area (Å²) in [6, 6.07) is 15.0. The van der Waals surface area contributed by atoms with Crippen LogP contribution in [0.5, 0.6) is 5.75 Å². The molecule has 0 amide bonds. The molecule has 2 aromatic rings. The smallest absolute Gasteiger partial charge is 0.416 e. The zero-order valence-electron chi connectivity index (χ0n) is 11.1. The van der Waals surface area contributed by atoms with E-state index in [-0.39, 0.29) is 0 Å². The summed E-state index contributed by atoms with van der Waals surface area (Å²) >= 11 is 0. The van der Waals surface area contributed by atoms with E-state index in [9.17, 15) is 4.57 Å². The Morgan fingerprint density at radius 1 is 1.05 bits per heavy atom. The summed E-state index contributed by atoms with van der Waals surface area (Å²) in [7, 11) is -3.13. The molecule has 2 aromatic carbocycles. The minimum absolute atomic E-state index is 0.578. The highest BCUT2D eigenvalue weighted by atomic mass is 31.2. The van der Waals surface area contributed by atoms with Gasteiger partial charge < -0.3 is 9.05 Å². The van der Waals surface area contributed by atoms with Gasteiger partial charge in [-0.3, -0.25) is 0 Å². The van der Waals surface area contributed by atoms with Crippen LogP contribution in [0.25, 0.3) is 11.1 Å². The van der Waals surface area contributed by atoms with Gasteiger partial charge in [-0.2, -0.15) is 0 Å². The van der Waals surface area contributed by atoms with Crippen LogP contribution < -0.4 is 9.83 Å². The Bertz CT molecular complexity index is 686. The number of fused-ring (bicyclic) bond motifs is 3. The first-order valence-electron chi connectivity index (χ1n) is 6.10. The summed E-state index contributed by atoms with van der Waals surface area (Å²) in [6.07, 6.45) is 0. The van der Waals surface area contributed by atoms with Crippen molar-refractivity contribution in [2.24, 2.45) is 0 Å². The molecule has 6 heteroatoms. The average Bonchev–Trinajstić information content (AvgIpc) is 2.47. The van der Waals surface area contributed by atoms with E-state index in [1.165, 1.54) is 7.11 Å². The van der Waals surface area contributed by atoms with Crippen LogP contribution in [-0.2, 0) is 13.4 Å². The van der Waals surface area contributed by atoms with Crippen LogP contribution in [0.2, 0.25) is 0 Å². The predicted octanol–water partition coefficient (Wildman–Crippen LogP) is 4.17. The highest BCUT2D eigenvalue weighted by Crippen LogP contribution is 2.61. The maximum atomic E-state index is 13.1. The Morgan fingerprint density at radius 3 is 2.45 bits per heavy atom. The number of hydrogen-bond donors (Lipinski definition) is 0. The van der Waals surface area contributed by atoms with Crippen molar-refractivity contribution >= 4 is 21.3 Å². The summed E-state index contributed by atoms with van der Waals surface area (Å²) in [5, 5.41) is 0.588. The summed E-state index contributed by atoms with van der Waals surface area (Å²) < 4.78 is 29.5. The molecule has 0 fully saturated rings. The van der Waals surface area contributed by atoms with Gasteiger partial charge in [-0.05, 0) is 12.1 Å². The number of benzene rings is 2. The van der Waals surface area contributed by atoms with Gasteiger partial charge in [-0.1, -0.05) is 36.4 Å². The van der Waals surface area contributed by atoms with Gasteiger partial charge in [-0.25, -0.2) is 8.88 Å². The first kappa shape index (κ1) is 13.8. The molecule has 0 aliphatic carbocycles. The van der Waals surface area contributed by atoms with Crippen LogP contribution in [0, 0.1) is 0 Å². The molecule has 20 heavy (non-hydrogen) atoms. The topological polar surface area (TPSA) is 44.8 Å². The zero-order valence-corrected chi connectivity index (χ0v) is 12.9. The fourth-order valence-electron chi connectivity index (χ4n) is 2.13. The minimum atomic E-state index is -3.40. The minimum Gasteiger partial charge on any atom is -0.420 e. The SMILES string of the molecule is COP(C)OP1(=O)Oc2ccccc2-c2ccccc21. The third-order valence-corrected chi connectivity index (χ3v) is 6.79. The molecule has 2 unspecified atom stereocenters. The molecule has 2 atom stereocenters. The number of hydrogen-bond acceptors (Lipinski definition) is 4. The molecule has 0 N–H and O–H groups in total. The van der Waals surface area contributed by atoms with E-state index in [2.05, 4.69) is 0 Å². The molecule has 4 nitrogen and oxygen atoms in total. The molecule has 0 aromatic heterocycles. The van der Waals surface area contributed by atoms with Gasteiger partial charge in [-0.15, -0.1) is 0 Å². The lowest BCUT2D eigenvalue weighted by atomic mass is 10.0. The summed E-state index contributed by atoms with van der Waals surface area (Å²) in [5.41, 5.74) is 1.81. The predicted molar refractivity (Wildman–Crippen MR) is 80.7 cm³/mol. The lowest BCUT2D eigenvalue weighted by Gasteiger charge is -2.28. The molecular formula is C14H14O4P2. The van der Waals surface area contributed by atoms with E-state index in [4.69, 9.17) is 13.4 Å². The maximum Gasteiger partial charge on any atom is 0.416 e. The second-order valence-corrected chi connectivity index (χ2v) is 7.86. The Kier molecular flexibility index (Phi) is 3.66. The van der Waals surface area contributed by atoms with Gasteiger partial charge in [0.25, 0.3) is 0 Å². The van der Waals surface area contributed by atoms with Gasteiger partial charge >= 0.3 is 7.60 Å². The van der Waals surface area contributed by atoms with Crippen molar-refractivity contribution < 1.29 is 17.9 Å². The Morgan fingerprint density at radius 2 is 1.70 bits per heavy atom. The van der Waals surface area contributed by atoms with Crippen molar-refractivity contribution in [3.8, 4) is 16.9 Å². The second-order valence-electron chi connectivity index (χ2n) is 4.31. The van der Waals surface area contributed by atoms with E-state index < -0.39 is 16.0 Å². The zero-order chi connectivity index (χ0) is 14.2. The molecule has 3 rings (SSSR count). The molecule has 0 saturated carbocycles. The highest BCUT2D eigenvalue weighted by Gasteiger charge is 2.39. The third-order valence-electron chi connectivity index (χ3n) is 3.07. The van der Waals surface area contributed by atoms with Crippen molar-refractivity contribution in [1.29, 1.82) is 0 Å². The fraction of sp³-hybridized carbons (Fsp3) is 0.143. The van der Waals surface area contributed by atoms with Gasteiger partial charge in [0.1, 0.15) is 5.75 Å². The highest BCUT2D eigenvalue weighted by molar-refractivity contribution is 7.70. The number of para-hydroxylation sites is 1. The fourth-order valence-corrected chi connectivity index (χ4v) is 5.37. The van der Waals surface area contributed by atoms with Crippen LogP contribution in [0.4, 0.5) is 0 Å². The Hall–Kier alpha value is -1.18. The van der Waals surface area contributed by atoms with E-state index in [1.807, 2.05) is 36.4 Å². The molecule has 1 aliphatic rings. The molecule has 0 radical (unpaired) electrons. The van der Waals surface area contributed by atoms with E-state index in [0.717, 1.165) is 11.1 Å². The largest absolute Gasteiger partial charge is 0.420 e. The average molecular weight is 308 g/mol.